The van der Waals surface area contributed by atoms with Gasteiger partial charge in [-0.3, -0.25) is 4.79 Å². The Morgan fingerprint density at radius 1 is 1.43 bits per heavy atom. The number of amides is 1. The van der Waals surface area contributed by atoms with Gasteiger partial charge in [0.2, 0.25) is 11.7 Å². The fourth-order valence-corrected chi connectivity index (χ4v) is 3.31. The maximum absolute atomic E-state index is 12.5. The molecule has 0 saturated carbocycles. The molecule has 2 fully saturated rings. The fourth-order valence-electron chi connectivity index (χ4n) is 3.31. The van der Waals surface area contributed by atoms with E-state index in [1.807, 2.05) is 0 Å². The second-order valence-corrected chi connectivity index (χ2v) is 5.97. The topological polar surface area (TPSA) is 94.2 Å². The van der Waals surface area contributed by atoms with E-state index >= 15 is 0 Å². The number of carbonyl (C=O) groups excluding carboxylic acids is 1. The van der Waals surface area contributed by atoms with Gasteiger partial charge in [-0.15, -0.1) is 0 Å². The number of carbonyl (C=O) groups is 1. The standard InChI is InChI=1S/C15H17N5O3/c1-9-18-14(19-23-9)12-6-10-3-5-20(7-13(10)22-12)15(21)11-2-4-16-8-17-11/h2,4,8,10,12-13H,3,5-7H2,1H3/t10-,12-,13+/m0/s1. The van der Waals surface area contributed by atoms with Crippen LogP contribution in [-0.4, -0.2) is 50.1 Å². The van der Waals surface area contributed by atoms with Gasteiger partial charge in [0.1, 0.15) is 18.1 Å². The van der Waals surface area contributed by atoms with Crippen LogP contribution < -0.4 is 0 Å². The summed E-state index contributed by atoms with van der Waals surface area (Å²) in [6.07, 6.45) is 4.62. The molecule has 2 saturated heterocycles. The normalized spacial score (nSPS) is 27.0. The summed E-state index contributed by atoms with van der Waals surface area (Å²) >= 11 is 0. The zero-order chi connectivity index (χ0) is 15.8. The fraction of sp³-hybridized carbons (Fsp3) is 0.533. The molecule has 0 aliphatic carbocycles. The molecule has 2 aromatic heterocycles. The molecule has 23 heavy (non-hydrogen) atoms. The average Bonchev–Trinajstić information content (AvgIpc) is 3.20. The van der Waals surface area contributed by atoms with Gasteiger partial charge in [-0.1, -0.05) is 5.16 Å². The quantitative estimate of drug-likeness (QED) is 0.820. The molecule has 120 valence electrons. The van der Waals surface area contributed by atoms with Gasteiger partial charge >= 0.3 is 0 Å². The zero-order valence-electron chi connectivity index (χ0n) is 12.8. The van der Waals surface area contributed by atoms with Gasteiger partial charge in [0.25, 0.3) is 5.91 Å². The highest BCUT2D eigenvalue weighted by atomic mass is 16.5. The van der Waals surface area contributed by atoms with Crippen molar-refractivity contribution in [2.24, 2.45) is 5.92 Å². The van der Waals surface area contributed by atoms with Crippen molar-refractivity contribution in [3.63, 3.8) is 0 Å². The Hall–Kier alpha value is -2.35. The van der Waals surface area contributed by atoms with Gasteiger partial charge in [-0.2, -0.15) is 4.98 Å². The Morgan fingerprint density at radius 2 is 2.35 bits per heavy atom. The highest BCUT2D eigenvalue weighted by molar-refractivity contribution is 5.92. The zero-order valence-corrected chi connectivity index (χ0v) is 12.8. The number of aryl methyl sites for hydroxylation is 1. The lowest BCUT2D eigenvalue weighted by Gasteiger charge is -2.33. The minimum absolute atomic E-state index is 0.0124. The lowest BCUT2D eigenvalue weighted by Crippen LogP contribution is -2.45. The van der Waals surface area contributed by atoms with Gasteiger partial charge in [0.15, 0.2) is 0 Å². The van der Waals surface area contributed by atoms with Crippen LogP contribution in [0.4, 0.5) is 0 Å². The summed E-state index contributed by atoms with van der Waals surface area (Å²) in [5, 5.41) is 3.95. The summed E-state index contributed by atoms with van der Waals surface area (Å²) in [5.41, 5.74) is 0.418. The first-order valence-corrected chi connectivity index (χ1v) is 7.71. The first-order chi connectivity index (χ1) is 11.2. The SMILES string of the molecule is Cc1nc([C@@H]2C[C@@H]3CCN(C(=O)c4ccncn4)C[C@H]3O2)no1. The number of fused-ring (bicyclic) bond motifs is 1. The van der Waals surface area contributed by atoms with E-state index in [-0.39, 0.29) is 18.1 Å². The van der Waals surface area contributed by atoms with Crippen molar-refractivity contribution in [2.45, 2.75) is 32.0 Å². The van der Waals surface area contributed by atoms with Crippen LogP contribution in [0.25, 0.3) is 0 Å². The number of ether oxygens (including phenoxy) is 1. The van der Waals surface area contributed by atoms with Crippen LogP contribution in [0.1, 0.15) is 41.1 Å². The van der Waals surface area contributed by atoms with Gasteiger partial charge in [-0.25, -0.2) is 9.97 Å². The lowest BCUT2D eigenvalue weighted by atomic mass is 9.91. The first-order valence-electron chi connectivity index (χ1n) is 7.71. The summed E-state index contributed by atoms with van der Waals surface area (Å²) in [7, 11) is 0. The number of likely N-dealkylation sites (tertiary alicyclic amines) is 1. The third-order valence-electron chi connectivity index (χ3n) is 4.47. The number of nitrogens with zero attached hydrogens (tertiary/aromatic N) is 5. The number of hydrogen-bond donors (Lipinski definition) is 0. The molecule has 0 unspecified atom stereocenters. The maximum atomic E-state index is 12.5. The Morgan fingerprint density at radius 3 is 3.09 bits per heavy atom. The van der Waals surface area contributed by atoms with E-state index in [1.54, 1.807) is 24.1 Å². The van der Waals surface area contributed by atoms with E-state index in [2.05, 4.69) is 20.1 Å². The molecule has 1 amide bonds. The summed E-state index contributed by atoms with van der Waals surface area (Å²) in [5.74, 6) is 1.49. The van der Waals surface area contributed by atoms with Crippen LogP contribution >= 0.6 is 0 Å². The number of rotatable bonds is 2. The molecule has 4 rings (SSSR count). The molecule has 0 spiro atoms. The van der Waals surface area contributed by atoms with E-state index in [9.17, 15) is 4.79 Å². The Bertz CT molecular complexity index is 704. The molecular weight excluding hydrogens is 298 g/mol. The minimum Gasteiger partial charge on any atom is -0.365 e. The second-order valence-electron chi connectivity index (χ2n) is 5.97. The van der Waals surface area contributed by atoms with Crippen molar-refractivity contribution in [3.05, 3.63) is 36.0 Å². The average molecular weight is 315 g/mol. The monoisotopic (exact) mass is 315 g/mol. The van der Waals surface area contributed by atoms with Crippen LogP contribution in [0, 0.1) is 12.8 Å². The van der Waals surface area contributed by atoms with Gasteiger partial charge < -0.3 is 14.2 Å². The molecule has 0 bridgehead atoms. The van der Waals surface area contributed by atoms with Crippen molar-refractivity contribution in [1.29, 1.82) is 0 Å². The summed E-state index contributed by atoms with van der Waals surface area (Å²) in [6, 6.07) is 1.63. The van der Waals surface area contributed by atoms with Crippen LogP contribution in [0.15, 0.2) is 23.1 Å². The van der Waals surface area contributed by atoms with Gasteiger partial charge in [0.05, 0.1) is 6.10 Å². The van der Waals surface area contributed by atoms with Crippen LogP contribution in [0.3, 0.4) is 0 Å². The molecule has 3 atom stereocenters. The van der Waals surface area contributed by atoms with E-state index < -0.39 is 0 Å². The van der Waals surface area contributed by atoms with Crippen LogP contribution in [0.2, 0.25) is 0 Å². The Kier molecular flexibility index (Phi) is 3.53. The van der Waals surface area contributed by atoms with Crippen LogP contribution in [0.5, 0.6) is 0 Å². The molecule has 0 aromatic carbocycles. The molecule has 0 N–H and O–H groups in total. The van der Waals surface area contributed by atoms with Crippen molar-refractivity contribution >= 4 is 5.91 Å². The molecule has 8 nitrogen and oxygen atoms in total. The number of aromatic nitrogens is 4. The maximum Gasteiger partial charge on any atom is 0.272 e. The van der Waals surface area contributed by atoms with Gasteiger partial charge in [0, 0.05) is 26.2 Å². The third-order valence-corrected chi connectivity index (χ3v) is 4.47. The van der Waals surface area contributed by atoms with E-state index in [0.29, 0.717) is 36.4 Å². The Balaban J connectivity index is 1.44. The summed E-state index contributed by atoms with van der Waals surface area (Å²) in [4.78, 5) is 26.4. The molecule has 2 aromatic rings. The molecule has 4 heterocycles. The molecule has 0 radical (unpaired) electrons. The highest BCUT2D eigenvalue weighted by Crippen LogP contribution is 2.40. The lowest BCUT2D eigenvalue weighted by molar-refractivity contribution is -0.00762. The number of hydrogen-bond acceptors (Lipinski definition) is 7. The van der Waals surface area contributed by atoms with E-state index in [4.69, 9.17) is 9.26 Å². The number of piperidine rings is 1. The smallest absolute Gasteiger partial charge is 0.272 e. The van der Waals surface area contributed by atoms with Crippen molar-refractivity contribution in [3.8, 4) is 0 Å². The predicted octanol–water partition coefficient (Wildman–Crippen LogP) is 1.16. The second kappa shape index (κ2) is 5.69. The summed E-state index contributed by atoms with van der Waals surface area (Å²) < 4.78 is 11.1. The third kappa shape index (κ3) is 2.70. The van der Waals surface area contributed by atoms with Crippen molar-refractivity contribution in [1.82, 2.24) is 25.0 Å². The van der Waals surface area contributed by atoms with E-state index in [1.165, 1.54) is 6.33 Å². The molecular formula is C15H17N5O3. The van der Waals surface area contributed by atoms with E-state index in [0.717, 1.165) is 12.8 Å². The van der Waals surface area contributed by atoms with Crippen molar-refractivity contribution in [2.75, 3.05) is 13.1 Å². The predicted molar refractivity (Wildman–Crippen MR) is 77.3 cm³/mol. The molecule has 2 aliphatic heterocycles. The Labute approximate surface area is 132 Å². The minimum atomic E-state index is -0.142. The molecule has 2 aliphatic rings. The summed E-state index contributed by atoms with van der Waals surface area (Å²) in [6.45, 7) is 3.05. The van der Waals surface area contributed by atoms with Gasteiger partial charge in [-0.05, 0) is 24.8 Å². The van der Waals surface area contributed by atoms with Crippen molar-refractivity contribution < 1.29 is 14.1 Å². The largest absolute Gasteiger partial charge is 0.365 e. The molecule has 8 heteroatoms. The van der Waals surface area contributed by atoms with Crippen LogP contribution in [-0.2, 0) is 4.74 Å². The highest BCUT2D eigenvalue weighted by Gasteiger charge is 2.42. The first kappa shape index (κ1) is 14.3.